The van der Waals surface area contributed by atoms with Crippen molar-refractivity contribution in [2.24, 2.45) is 0 Å². The first-order chi connectivity index (χ1) is 7.20. The number of nitrogens with two attached hydrogens (primary N) is 1. The van der Waals surface area contributed by atoms with Gasteiger partial charge in [-0.3, -0.25) is 0 Å². The number of pyridine rings is 2. The second-order valence-electron chi connectivity index (χ2n) is 3.18. The number of hydrogen-bond donors (Lipinski definition) is 2. The standard InChI is InChI=1S/C10H11N3O2/c1-15-5-6-4-9(14)13-10-7(6)2-3-8(11)12-10/h2-4H,5H2,1H3,(H3,11,12,13,14). The van der Waals surface area contributed by atoms with E-state index in [4.69, 9.17) is 10.5 Å². The fraction of sp³-hybridized carbons (Fsp3) is 0.200. The number of anilines is 1. The van der Waals surface area contributed by atoms with E-state index < -0.39 is 0 Å². The number of methoxy groups -OCH3 is 1. The molecule has 15 heavy (non-hydrogen) atoms. The lowest BCUT2D eigenvalue weighted by atomic mass is 10.1. The first kappa shape index (κ1) is 9.67. The smallest absolute Gasteiger partial charge is 0.213 e. The second-order valence-corrected chi connectivity index (χ2v) is 3.18. The molecule has 0 atom stereocenters. The maximum Gasteiger partial charge on any atom is 0.213 e. The molecule has 5 heteroatoms. The van der Waals surface area contributed by atoms with Crippen molar-refractivity contribution in [3.05, 3.63) is 23.8 Å². The van der Waals surface area contributed by atoms with Crippen LogP contribution in [-0.4, -0.2) is 22.2 Å². The average Bonchev–Trinajstić information content (AvgIpc) is 2.17. The molecule has 0 amide bonds. The van der Waals surface area contributed by atoms with Crippen LogP contribution in [0.2, 0.25) is 0 Å². The number of nitrogen functional groups attached to an aromatic ring is 1. The Bertz CT molecular complexity index is 494. The highest BCUT2D eigenvalue weighted by molar-refractivity contribution is 5.80. The maximum absolute atomic E-state index is 9.38. The summed E-state index contributed by atoms with van der Waals surface area (Å²) >= 11 is 0. The van der Waals surface area contributed by atoms with Gasteiger partial charge in [-0.25, -0.2) is 4.98 Å². The van der Waals surface area contributed by atoms with Crippen molar-refractivity contribution in [2.75, 3.05) is 12.8 Å². The van der Waals surface area contributed by atoms with Crippen molar-refractivity contribution in [3.8, 4) is 5.88 Å². The summed E-state index contributed by atoms with van der Waals surface area (Å²) in [5.41, 5.74) is 6.81. The molecule has 0 aliphatic rings. The molecule has 2 heterocycles. The van der Waals surface area contributed by atoms with Crippen LogP contribution in [0.15, 0.2) is 18.2 Å². The van der Waals surface area contributed by atoms with Crippen molar-refractivity contribution in [2.45, 2.75) is 6.61 Å². The molecule has 0 aliphatic carbocycles. The number of ether oxygens (including phenoxy) is 1. The molecule has 0 saturated heterocycles. The van der Waals surface area contributed by atoms with E-state index in [0.29, 0.717) is 18.1 Å². The first-order valence-electron chi connectivity index (χ1n) is 4.45. The molecule has 0 radical (unpaired) electrons. The Hall–Kier alpha value is -1.88. The third-order valence-electron chi connectivity index (χ3n) is 2.07. The zero-order chi connectivity index (χ0) is 10.8. The van der Waals surface area contributed by atoms with E-state index in [2.05, 4.69) is 9.97 Å². The summed E-state index contributed by atoms with van der Waals surface area (Å²) in [6.07, 6.45) is 0. The van der Waals surface area contributed by atoms with Crippen LogP contribution in [0.25, 0.3) is 11.0 Å². The molecular weight excluding hydrogens is 194 g/mol. The minimum absolute atomic E-state index is 0.0762. The number of hydrogen-bond acceptors (Lipinski definition) is 5. The van der Waals surface area contributed by atoms with Crippen LogP contribution < -0.4 is 5.73 Å². The van der Waals surface area contributed by atoms with Gasteiger partial charge in [-0.05, 0) is 17.7 Å². The SMILES string of the molecule is COCc1cc(O)nc2nc(N)ccc12. The van der Waals surface area contributed by atoms with Gasteiger partial charge in [-0.15, -0.1) is 0 Å². The molecule has 2 aromatic rings. The van der Waals surface area contributed by atoms with Crippen LogP contribution in [0.3, 0.4) is 0 Å². The van der Waals surface area contributed by atoms with E-state index in [1.165, 1.54) is 0 Å². The zero-order valence-electron chi connectivity index (χ0n) is 8.27. The van der Waals surface area contributed by atoms with E-state index >= 15 is 0 Å². The van der Waals surface area contributed by atoms with E-state index in [9.17, 15) is 5.11 Å². The average molecular weight is 205 g/mol. The van der Waals surface area contributed by atoms with E-state index in [0.717, 1.165) is 10.9 Å². The Balaban J connectivity index is 2.68. The molecule has 2 aromatic heterocycles. The third-order valence-corrected chi connectivity index (χ3v) is 2.07. The summed E-state index contributed by atoms with van der Waals surface area (Å²) in [6, 6.07) is 5.07. The Labute approximate surface area is 86.5 Å². The van der Waals surface area contributed by atoms with E-state index in [1.807, 2.05) is 6.07 Å². The monoisotopic (exact) mass is 205 g/mol. The molecule has 78 valence electrons. The molecule has 3 N–H and O–H groups in total. The van der Waals surface area contributed by atoms with E-state index in [1.54, 1.807) is 19.2 Å². The van der Waals surface area contributed by atoms with Crippen molar-refractivity contribution in [1.29, 1.82) is 0 Å². The minimum Gasteiger partial charge on any atom is -0.493 e. The van der Waals surface area contributed by atoms with E-state index in [-0.39, 0.29) is 5.88 Å². The van der Waals surface area contributed by atoms with Gasteiger partial charge in [0.15, 0.2) is 5.65 Å². The van der Waals surface area contributed by atoms with Crippen molar-refractivity contribution >= 4 is 16.9 Å². The summed E-state index contributed by atoms with van der Waals surface area (Å²) in [5.74, 6) is 0.302. The number of aromatic nitrogens is 2. The van der Waals surface area contributed by atoms with Gasteiger partial charge < -0.3 is 15.6 Å². The summed E-state index contributed by atoms with van der Waals surface area (Å²) < 4.78 is 5.02. The van der Waals surface area contributed by atoms with Gasteiger partial charge in [0.05, 0.1) is 6.61 Å². The van der Waals surface area contributed by atoms with Gasteiger partial charge in [0.2, 0.25) is 5.88 Å². The number of nitrogens with zero attached hydrogens (tertiary/aromatic N) is 2. The Morgan fingerprint density at radius 2 is 2.20 bits per heavy atom. The molecule has 0 bridgehead atoms. The van der Waals surface area contributed by atoms with Crippen molar-refractivity contribution in [3.63, 3.8) is 0 Å². The van der Waals surface area contributed by atoms with Crippen molar-refractivity contribution < 1.29 is 9.84 Å². The quantitative estimate of drug-likeness (QED) is 0.766. The topological polar surface area (TPSA) is 81.3 Å². The van der Waals surface area contributed by atoms with Crippen molar-refractivity contribution in [1.82, 2.24) is 9.97 Å². The van der Waals surface area contributed by atoms with Crippen LogP contribution in [0.1, 0.15) is 5.56 Å². The second kappa shape index (κ2) is 3.70. The Morgan fingerprint density at radius 1 is 1.40 bits per heavy atom. The van der Waals surface area contributed by atoms with Gasteiger partial charge in [0.1, 0.15) is 5.82 Å². The first-order valence-corrected chi connectivity index (χ1v) is 4.45. The predicted molar refractivity (Wildman–Crippen MR) is 56.3 cm³/mol. The van der Waals surface area contributed by atoms with Gasteiger partial charge in [0.25, 0.3) is 0 Å². The fourth-order valence-electron chi connectivity index (χ4n) is 1.45. The fourth-order valence-corrected chi connectivity index (χ4v) is 1.45. The highest BCUT2D eigenvalue weighted by Crippen LogP contribution is 2.21. The molecule has 2 rings (SSSR count). The predicted octanol–water partition coefficient (Wildman–Crippen LogP) is 1.06. The van der Waals surface area contributed by atoms with Crippen LogP contribution in [0.4, 0.5) is 5.82 Å². The van der Waals surface area contributed by atoms with Gasteiger partial charge in [-0.1, -0.05) is 0 Å². The number of rotatable bonds is 2. The molecule has 0 aliphatic heterocycles. The minimum atomic E-state index is -0.0762. The summed E-state index contributed by atoms with van der Waals surface area (Å²) in [5, 5.41) is 10.2. The lowest BCUT2D eigenvalue weighted by Crippen LogP contribution is -1.96. The highest BCUT2D eigenvalue weighted by atomic mass is 16.5. The number of fused-ring (bicyclic) bond motifs is 1. The molecule has 0 spiro atoms. The van der Waals surface area contributed by atoms with Crippen LogP contribution in [0, 0.1) is 0 Å². The summed E-state index contributed by atoms with van der Waals surface area (Å²) in [4.78, 5) is 7.92. The largest absolute Gasteiger partial charge is 0.493 e. The molecule has 0 unspecified atom stereocenters. The summed E-state index contributed by atoms with van der Waals surface area (Å²) in [6.45, 7) is 0.401. The molecule has 5 nitrogen and oxygen atoms in total. The Morgan fingerprint density at radius 3 is 2.93 bits per heavy atom. The molecule has 0 aromatic carbocycles. The van der Waals surface area contributed by atoms with Crippen LogP contribution >= 0.6 is 0 Å². The van der Waals surface area contributed by atoms with Gasteiger partial charge in [-0.2, -0.15) is 4.98 Å². The lowest BCUT2D eigenvalue weighted by molar-refractivity contribution is 0.185. The van der Waals surface area contributed by atoms with Gasteiger partial charge in [0, 0.05) is 18.6 Å². The van der Waals surface area contributed by atoms with Crippen LogP contribution in [0.5, 0.6) is 5.88 Å². The maximum atomic E-state index is 9.38. The lowest BCUT2D eigenvalue weighted by Gasteiger charge is -2.05. The zero-order valence-corrected chi connectivity index (χ0v) is 8.27. The summed E-state index contributed by atoms with van der Waals surface area (Å²) in [7, 11) is 1.59. The number of aromatic hydroxyl groups is 1. The highest BCUT2D eigenvalue weighted by Gasteiger charge is 2.06. The molecular formula is C10H11N3O2. The van der Waals surface area contributed by atoms with Crippen LogP contribution in [-0.2, 0) is 11.3 Å². The normalized spacial score (nSPS) is 10.7. The molecule has 0 saturated carbocycles. The molecule has 0 fully saturated rings. The van der Waals surface area contributed by atoms with Gasteiger partial charge >= 0.3 is 0 Å². The third kappa shape index (κ3) is 1.82. The Kier molecular flexibility index (Phi) is 2.39.